The summed E-state index contributed by atoms with van der Waals surface area (Å²) < 4.78 is 0.495. The van der Waals surface area contributed by atoms with Gasteiger partial charge in [-0.2, -0.15) is 0 Å². The van der Waals surface area contributed by atoms with Crippen molar-refractivity contribution in [2.24, 2.45) is 0 Å². The number of hydrogen-bond donors (Lipinski definition) is 1. The van der Waals surface area contributed by atoms with Crippen LogP contribution in [0.3, 0.4) is 0 Å². The second-order valence-electron chi connectivity index (χ2n) is 6.46. The lowest BCUT2D eigenvalue weighted by molar-refractivity contribution is -0.136. The fourth-order valence-electron chi connectivity index (χ4n) is 3.38. The summed E-state index contributed by atoms with van der Waals surface area (Å²) in [5.41, 5.74) is 0.160. The molecule has 4 nitrogen and oxygen atoms in total. The second-order valence-corrected chi connectivity index (χ2v) is 8.17. The van der Waals surface area contributed by atoms with E-state index in [-0.39, 0.29) is 12.2 Å². The van der Waals surface area contributed by atoms with Crippen LogP contribution in [-0.4, -0.2) is 16.8 Å². The van der Waals surface area contributed by atoms with E-state index in [1.807, 2.05) is 36.4 Å². The lowest BCUT2D eigenvalue weighted by atomic mass is 9.89. The summed E-state index contributed by atoms with van der Waals surface area (Å²) in [5.74, 6) is -0.789. The highest BCUT2D eigenvalue weighted by Gasteiger charge is 2.50. The summed E-state index contributed by atoms with van der Waals surface area (Å²) in [6.07, 6.45) is -0.315. The Morgan fingerprint density at radius 2 is 1.74 bits per heavy atom. The molecule has 0 aliphatic carbocycles. The molecule has 4 rings (SSSR count). The number of carbonyl (C=O) groups is 2. The first kappa shape index (κ1) is 17.9. The van der Waals surface area contributed by atoms with E-state index < -0.39 is 11.5 Å². The Bertz CT molecular complexity index is 1020. The number of hydrogen-bond acceptors (Lipinski definition) is 4. The summed E-state index contributed by atoms with van der Waals surface area (Å²) in [4.78, 5) is 27.8. The monoisotopic (exact) mass is 397 g/mol. The first-order chi connectivity index (χ1) is 13.0. The molecule has 3 aromatic rings. The number of halogens is 1. The third kappa shape index (κ3) is 3.18. The molecule has 1 aliphatic rings. The SMILES string of the molecule is O=C(C[C@@]1(O)C(=O)N(Cc2ccccc2)c2ccccc21)c1ccc(Cl)s1. The fourth-order valence-corrected chi connectivity index (χ4v) is 4.36. The molecule has 1 atom stereocenters. The summed E-state index contributed by atoms with van der Waals surface area (Å²) in [7, 11) is 0. The fraction of sp³-hybridized carbons (Fsp3) is 0.143. The maximum absolute atomic E-state index is 13.2. The van der Waals surface area contributed by atoms with Gasteiger partial charge in [0, 0.05) is 5.56 Å². The molecule has 0 saturated heterocycles. The van der Waals surface area contributed by atoms with Gasteiger partial charge in [0.15, 0.2) is 11.4 Å². The number of para-hydroxylation sites is 1. The van der Waals surface area contributed by atoms with Crippen LogP contribution in [0.2, 0.25) is 4.34 Å². The van der Waals surface area contributed by atoms with E-state index in [2.05, 4.69) is 0 Å². The van der Waals surface area contributed by atoms with E-state index in [1.54, 1.807) is 35.2 Å². The first-order valence-corrected chi connectivity index (χ1v) is 9.65. The third-order valence-corrected chi connectivity index (χ3v) is 5.96. The highest BCUT2D eigenvalue weighted by atomic mass is 35.5. The summed E-state index contributed by atoms with van der Waals surface area (Å²) >= 11 is 7.05. The van der Waals surface area contributed by atoms with Crippen molar-refractivity contribution in [3.05, 3.63) is 87.1 Å². The molecule has 6 heteroatoms. The van der Waals surface area contributed by atoms with E-state index in [9.17, 15) is 14.7 Å². The number of nitrogens with zero attached hydrogens (tertiary/aromatic N) is 1. The van der Waals surface area contributed by atoms with Crippen LogP contribution in [0.5, 0.6) is 0 Å². The zero-order chi connectivity index (χ0) is 19.0. The number of aliphatic hydroxyl groups is 1. The Hall–Kier alpha value is -2.47. The third-order valence-electron chi connectivity index (χ3n) is 4.69. The van der Waals surface area contributed by atoms with Gasteiger partial charge in [0.2, 0.25) is 0 Å². The Labute approximate surface area is 165 Å². The lowest BCUT2D eigenvalue weighted by Crippen LogP contribution is -2.41. The highest BCUT2D eigenvalue weighted by Crippen LogP contribution is 2.43. The zero-order valence-corrected chi connectivity index (χ0v) is 15.8. The Kier molecular flexibility index (Phi) is 4.60. The lowest BCUT2D eigenvalue weighted by Gasteiger charge is -2.22. The van der Waals surface area contributed by atoms with Gasteiger partial charge in [-0.25, -0.2) is 0 Å². The topological polar surface area (TPSA) is 57.6 Å². The summed E-state index contributed by atoms with van der Waals surface area (Å²) in [5, 5.41) is 11.3. The molecular formula is C21H16ClNO3S. The van der Waals surface area contributed by atoms with Crippen LogP contribution in [0.1, 0.15) is 27.2 Å². The number of fused-ring (bicyclic) bond motifs is 1. The number of Topliss-reactive ketones (excluding diaryl/α,β-unsaturated/α-hetero) is 1. The van der Waals surface area contributed by atoms with Crippen LogP contribution in [0.15, 0.2) is 66.7 Å². The van der Waals surface area contributed by atoms with Crippen LogP contribution in [0, 0.1) is 0 Å². The van der Waals surface area contributed by atoms with Crippen molar-refractivity contribution in [1.82, 2.24) is 0 Å². The predicted octanol–water partition coefficient (Wildman–Crippen LogP) is 4.41. The van der Waals surface area contributed by atoms with E-state index in [1.165, 1.54) is 0 Å². The second kappa shape index (κ2) is 6.93. The van der Waals surface area contributed by atoms with Gasteiger partial charge < -0.3 is 10.0 Å². The van der Waals surface area contributed by atoms with Crippen LogP contribution in [0.25, 0.3) is 0 Å². The minimum absolute atomic E-state index is 0.306. The predicted molar refractivity (Wildman–Crippen MR) is 106 cm³/mol. The Balaban J connectivity index is 1.68. The standard InChI is InChI=1S/C21H16ClNO3S/c22-19-11-10-18(27-19)17(24)12-21(26)15-8-4-5-9-16(15)23(20(21)25)13-14-6-2-1-3-7-14/h1-11,26H,12-13H2/t21-/m0/s1. The van der Waals surface area contributed by atoms with Gasteiger partial charge in [-0.3, -0.25) is 9.59 Å². The molecule has 0 fully saturated rings. The molecule has 0 unspecified atom stereocenters. The number of rotatable bonds is 5. The van der Waals surface area contributed by atoms with Crippen molar-refractivity contribution in [3.8, 4) is 0 Å². The van der Waals surface area contributed by atoms with E-state index in [0.29, 0.717) is 27.0 Å². The molecule has 1 N–H and O–H groups in total. The Morgan fingerprint density at radius 3 is 2.44 bits per heavy atom. The van der Waals surface area contributed by atoms with Crippen molar-refractivity contribution >= 4 is 40.3 Å². The van der Waals surface area contributed by atoms with Crippen LogP contribution >= 0.6 is 22.9 Å². The van der Waals surface area contributed by atoms with Crippen molar-refractivity contribution in [2.75, 3.05) is 4.90 Å². The molecule has 0 radical (unpaired) electrons. The highest BCUT2D eigenvalue weighted by molar-refractivity contribution is 7.18. The molecule has 1 amide bonds. The van der Waals surface area contributed by atoms with Crippen molar-refractivity contribution < 1.29 is 14.7 Å². The number of thiophene rings is 1. The van der Waals surface area contributed by atoms with E-state index in [4.69, 9.17) is 11.6 Å². The molecule has 0 spiro atoms. The van der Waals surface area contributed by atoms with Gasteiger partial charge in [-0.1, -0.05) is 60.1 Å². The molecule has 1 aliphatic heterocycles. The van der Waals surface area contributed by atoms with Gasteiger partial charge in [0.1, 0.15) is 0 Å². The molecule has 2 aromatic carbocycles. The molecule has 0 saturated carbocycles. The first-order valence-electron chi connectivity index (χ1n) is 8.45. The van der Waals surface area contributed by atoms with Crippen LogP contribution in [-0.2, 0) is 16.9 Å². The maximum Gasteiger partial charge on any atom is 0.264 e. The smallest absolute Gasteiger partial charge is 0.264 e. The average Bonchev–Trinajstić information content (AvgIpc) is 3.20. The van der Waals surface area contributed by atoms with Gasteiger partial charge in [0.25, 0.3) is 5.91 Å². The van der Waals surface area contributed by atoms with Gasteiger partial charge in [0.05, 0.1) is 27.9 Å². The quantitative estimate of drug-likeness (QED) is 0.649. The largest absolute Gasteiger partial charge is 0.375 e. The van der Waals surface area contributed by atoms with E-state index in [0.717, 1.165) is 16.9 Å². The number of carbonyl (C=O) groups excluding carboxylic acids is 2. The number of benzene rings is 2. The van der Waals surface area contributed by atoms with Gasteiger partial charge in [-0.15, -0.1) is 11.3 Å². The van der Waals surface area contributed by atoms with Crippen LogP contribution < -0.4 is 4.90 Å². The molecule has 2 heterocycles. The van der Waals surface area contributed by atoms with Gasteiger partial charge >= 0.3 is 0 Å². The minimum Gasteiger partial charge on any atom is -0.375 e. The normalized spacial score (nSPS) is 18.6. The maximum atomic E-state index is 13.2. The molecule has 27 heavy (non-hydrogen) atoms. The number of ketones is 1. The van der Waals surface area contributed by atoms with Gasteiger partial charge in [-0.05, 0) is 23.8 Å². The number of amides is 1. The molecule has 136 valence electrons. The van der Waals surface area contributed by atoms with Crippen molar-refractivity contribution in [2.45, 2.75) is 18.6 Å². The average molecular weight is 398 g/mol. The Morgan fingerprint density at radius 1 is 1.04 bits per heavy atom. The molecular weight excluding hydrogens is 382 g/mol. The van der Waals surface area contributed by atoms with E-state index >= 15 is 0 Å². The summed E-state index contributed by atoms with van der Waals surface area (Å²) in [6, 6.07) is 19.9. The van der Waals surface area contributed by atoms with Crippen LogP contribution in [0.4, 0.5) is 5.69 Å². The summed E-state index contributed by atoms with van der Waals surface area (Å²) in [6.45, 7) is 0.331. The molecule has 1 aromatic heterocycles. The minimum atomic E-state index is -1.88. The number of anilines is 1. The molecule has 0 bridgehead atoms. The zero-order valence-electron chi connectivity index (χ0n) is 14.3. The van der Waals surface area contributed by atoms with Crippen molar-refractivity contribution in [3.63, 3.8) is 0 Å². The van der Waals surface area contributed by atoms with Crippen molar-refractivity contribution in [1.29, 1.82) is 0 Å².